The average Bonchev–Trinajstić information content (AvgIpc) is 2.68. The minimum absolute atomic E-state index is 0.693. The number of likely N-dealkylation sites (N-methyl/N-ethyl adjacent to an activating group) is 1. The van der Waals surface area contributed by atoms with Gasteiger partial charge in [-0.1, -0.05) is 20.8 Å². The van der Waals surface area contributed by atoms with Gasteiger partial charge in [0.15, 0.2) is 0 Å². The van der Waals surface area contributed by atoms with E-state index in [2.05, 4.69) is 31.0 Å². The zero-order valence-electron chi connectivity index (χ0n) is 13.0. The summed E-state index contributed by atoms with van der Waals surface area (Å²) in [6, 6.07) is 1.42. The van der Waals surface area contributed by atoms with Gasteiger partial charge in [0.25, 0.3) is 0 Å². The summed E-state index contributed by atoms with van der Waals surface area (Å²) in [7, 11) is 0. The monoisotopic (exact) mass is 268 g/mol. The second kappa shape index (κ2) is 7.61. The van der Waals surface area contributed by atoms with Gasteiger partial charge in [0, 0.05) is 31.8 Å². The first-order valence-electron chi connectivity index (χ1n) is 8.27. The molecule has 0 radical (unpaired) electrons. The van der Waals surface area contributed by atoms with Crippen molar-refractivity contribution in [3.05, 3.63) is 0 Å². The minimum Gasteiger partial charge on any atom is -0.380 e. The van der Waals surface area contributed by atoms with E-state index >= 15 is 0 Å². The normalized spacial score (nSPS) is 34.4. The summed E-state index contributed by atoms with van der Waals surface area (Å²) in [5.41, 5.74) is 0. The molecule has 3 atom stereocenters. The van der Waals surface area contributed by atoms with Crippen LogP contribution in [0, 0.1) is 11.8 Å². The summed E-state index contributed by atoms with van der Waals surface area (Å²) in [5.74, 6) is 1.73. The van der Waals surface area contributed by atoms with Gasteiger partial charge in [-0.3, -0.25) is 4.90 Å². The highest BCUT2D eigenvalue weighted by molar-refractivity contribution is 4.92. The van der Waals surface area contributed by atoms with E-state index in [1.54, 1.807) is 0 Å². The van der Waals surface area contributed by atoms with Crippen LogP contribution >= 0.6 is 0 Å². The molecule has 0 spiro atoms. The molecule has 3 heteroatoms. The fourth-order valence-electron chi connectivity index (χ4n) is 3.78. The zero-order chi connectivity index (χ0) is 13.7. The Kier molecular flexibility index (Phi) is 6.11. The highest BCUT2D eigenvalue weighted by Gasteiger charge is 2.35. The van der Waals surface area contributed by atoms with Crippen molar-refractivity contribution < 1.29 is 4.74 Å². The Hall–Kier alpha value is -0.120. The summed E-state index contributed by atoms with van der Waals surface area (Å²) in [6.45, 7) is 12.3. The highest BCUT2D eigenvalue weighted by Crippen LogP contribution is 2.33. The predicted octanol–water partition coefficient (Wildman–Crippen LogP) is 2.51. The topological polar surface area (TPSA) is 24.5 Å². The fourth-order valence-corrected chi connectivity index (χ4v) is 3.78. The van der Waals surface area contributed by atoms with E-state index in [9.17, 15) is 0 Å². The standard InChI is InChI=1S/C16H32N2O/c1-4-17-15-7-6-14(13(2)3)12-16(15)18-8-5-10-19-11-9-18/h13-17H,4-12H2,1-3H3. The lowest BCUT2D eigenvalue weighted by Gasteiger charge is -2.43. The second-order valence-electron chi connectivity index (χ2n) is 6.55. The third-order valence-corrected chi connectivity index (χ3v) is 4.99. The van der Waals surface area contributed by atoms with Crippen LogP contribution in [0.5, 0.6) is 0 Å². The lowest BCUT2D eigenvalue weighted by molar-refractivity contribution is 0.0765. The molecule has 1 aliphatic heterocycles. The van der Waals surface area contributed by atoms with E-state index in [0.717, 1.165) is 44.2 Å². The predicted molar refractivity (Wildman–Crippen MR) is 80.4 cm³/mol. The Morgan fingerprint density at radius 2 is 2.05 bits per heavy atom. The van der Waals surface area contributed by atoms with Crippen molar-refractivity contribution in [2.45, 2.75) is 58.5 Å². The van der Waals surface area contributed by atoms with E-state index in [1.807, 2.05) is 0 Å². The summed E-state index contributed by atoms with van der Waals surface area (Å²) in [6.07, 6.45) is 5.31. The molecular formula is C16H32N2O. The fraction of sp³-hybridized carbons (Fsp3) is 1.00. The quantitative estimate of drug-likeness (QED) is 0.848. The Balaban J connectivity index is 2.00. The number of rotatable bonds is 4. The van der Waals surface area contributed by atoms with E-state index in [-0.39, 0.29) is 0 Å². The Bertz CT molecular complexity index is 249. The van der Waals surface area contributed by atoms with E-state index < -0.39 is 0 Å². The molecule has 1 saturated carbocycles. The van der Waals surface area contributed by atoms with Crippen molar-refractivity contribution in [1.82, 2.24) is 10.2 Å². The first kappa shape index (κ1) is 15.3. The smallest absolute Gasteiger partial charge is 0.0593 e. The van der Waals surface area contributed by atoms with Gasteiger partial charge < -0.3 is 10.1 Å². The molecule has 3 unspecified atom stereocenters. The van der Waals surface area contributed by atoms with Gasteiger partial charge in [-0.15, -0.1) is 0 Å². The van der Waals surface area contributed by atoms with Crippen LogP contribution in [0.2, 0.25) is 0 Å². The Morgan fingerprint density at radius 3 is 2.79 bits per heavy atom. The maximum atomic E-state index is 5.62. The molecule has 1 saturated heterocycles. The summed E-state index contributed by atoms with van der Waals surface area (Å²) in [4.78, 5) is 2.70. The molecule has 1 heterocycles. The molecular weight excluding hydrogens is 236 g/mol. The van der Waals surface area contributed by atoms with Crippen LogP contribution in [0.1, 0.15) is 46.5 Å². The highest BCUT2D eigenvalue weighted by atomic mass is 16.5. The Morgan fingerprint density at radius 1 is 1.21 bits per heavy atom. The lowest BCUT2D eigenvalue weighted by Crippen LogP contribution is -2.54. The minimum atomic E-state index is 0.693. The van der Waals surface area contributed by atoms with E-state index in [4.69, 9.17) is 4.74 Å². The van der Waals surface area contributed by atoms with Gasteiger partial charge in [0.05, 0.1) is 6.61 Å². The van der Waals surface area contributed by atoms with Gasteiger partial charge in [-0.05, 0) is 44.1 Å². The molecule has 1 aliphatic carbocycles. The number of hydrogen-bond donors (Lipinski definition) is 1. The van der Waals surface area contributed by atoms with Crippen LogP contribution < -0.4 is 5.32 Å². The zero-order valence-corrected chi connectivity index (χ0v) is 13.0. The SMILES string of the molecule is CCNC1CCC(C(C)C)CC1N1CCCOCC1. The number of hydrogen-bond acceptors (Lipinski definition) is 3. The Labute approximate surface area is 119 Å². The van der Waals surface area contributed by atoms with Crippen molar-refractivity contribution in [3.8, 4) is 0 Å². The molecule has 0 bridgehead atoms. The van der Waals surface area contributed by atoms with Crippen molar-refractivity contribution in [2.75, 3.05) is 32.8 Å². The van der Waals surface area contributed by atoms with Crippen LogP contribution in [-0.2, 0) is 4.74 Å². The van der Waals surface area contributed by atoms with Crippen LogP contribution in [0.4, 0.5) is 0 Å². The van der Waals surface area contributed by atoms with Crippen molar-refractivity contribution in [1.29, 1.82) is 0 Å². The van der Waals surface area contributed by atoms with Crippen molar-refractivity contribution in [2.24, 2.45) is 11.8 Å². The molecule has 0 aromatic rings. The number of nitrogens with one attached hydrogen (secondary N) is 1. The molecule has 2 aliphatic rings. The largest absolute Gasteiger partial charge is 0.380 e. The maximum Gasteiger partial charge on any atom is 0.0593 e. The van der Waals surface area contributed by atoms with Crippen molar-refractivity contribution >= 4 is 0 Å². The summed E-state index contributed by atoms with van der Waals surface area (Å²) >= 11 is 0. The molecule has 0 aromatic heterocycles. The lowest BCUT2D eigenvalue weighted by atomic mass is 9.76. The first-order valence-corrected chi connectivity index (χ1v) is 8.27. The van der Waals surface area contributed by atoms with Crippen LogP contribution in [0.15, 0.2) is 0 Å². The second-order valence-corrected chi connectivity index (χ2v) is 6.55. The van der Waals surface area contributed by atoms with E-state index in [1.165, 1.54) is 32.2 Å². The first-order chi connectivity index (χ1) is 9.22. The number of ether oxygens (including phenoxy) is 1. The van der Waals surface area contributed by atoms with Gasteiger partial charge in [-0.2, -0.15) is 0 Å². The average molecular weight is 268 g/mol. The third kappa shape index (κ3) is 4.17. The molecule has 2 rings (SSSR count). The molecule has 1 N–H and O–H groups in total. The van der Waals surface area contributed by atoms with Crippen LogP contribution in [-0.4, -0.2) is 49.8 Å². The van der Waals surface area contributed by atoms with Gasteiger partial charge in [-0.25, -0.2) is 0 Å². The van der Waals surface area contributed by atoms with Crippen LogP contribution in [0.25, 0.3) is 0 Å². The molecule has 0 aromatic carbocycles. The van der Waals surface area contributed by atoms with Crippen molar-refractivity contribution in [3.63, 3.8) is 0 Å². The van der Waals surface area contributed by atoms with Crippen LogP contribution in [0.3, 0.4) is 0 Å². The summed E-state index contributed by atoms with van der Waals surface area (Å²) in [5, 5.41) is 3.73. The molecule has 0 amide bonds. The van der Waals surface area contributed by atoms with Gasteiger partial charge in [0.1, 0.15) is 0 Å². The summed E-state index contributed by atoms with van der Waals surface area (Å²) < 4.78 is 5.62. The maximum absolute atomic E-state index is 5.62. The van der Waals surface area contributed by atoms with Gasteiger partial charge >= 0.3 is 0 Å². The van der Waals surface area contributed by atoms with Gasteiger partial charge in [0.2, 0.25) is 0 Å². The molecule has 112 valence electrons. The molecule has 19 heavy (non-hydrogen) atoms. The third-order valence-electron chi connectivity index (χ3n) is 4.99. The number of nitrogens with zero attached hydrogens (tertiary/aromatic N) is 1. The molecule has 3 nitrogen and oxygen atoms in total. The molecule has 2 fully saturated rings. The van der Waals surface area contributed by atoms with E-state index in [0.29, 0.717) is 6.04 Å².